The first-order chi connectivity index (χ1) is 12.3. The molecule has 0 aliphatic heterocycles. The SMILES string of the molecule is C[C@H](Cn1cnc2c(N)ncnc21)OCP([O-])(=S)OP(=O)([O-])OP(C)(=O)[O-]. The Morgan fingerprint density at radius 1 is 1.26 bits per heavy atom. The van der Waals surface area contributed by atoms with Crippen LogP contribution in [0.25, 0.3) is 11.2 Å². The molecule has 2 heterocycles. The van der Waals surface area contributed by atoms with Crippen LogP contribution >= 0.6 is 21.9 Å². The maximum absolute atomic E-state index is 12.0. The number of ether oxygens (including phenoxy) is 1. The fourth-order valence-corrected chi connectivity index (χ4v) is 6.56. The molecule has 0 bridgehead atoms. The summed E-state index contributed by atoms with van der Waals surface area (Å²) in [6.07, 6.45) is 1.34. The van der Waals surface area contributed by atoms with Gasteiger partial charge in [-0.15, -0.1) is 0 Å². The summed E-state index contributed by atoms with van der Waals surface area (Å²) >= 11 is 4.55. The maximum Gasteiger partial charge on any atom is 0.275 e. The van der Waals surface area contributed by atoms with Gasteiger partial charge < -0.3 is 34.3 Å². The van der Waals surface area contributed by atoms with Crippen molar-refractivity contribution in [3.8, 4) is 0 Å². The second kappa shape index (κ2) is 8.30. The summed E-state index contributed by atoms with van der Waals surface area (Å²) in [5.41, 5.74) is 6.53. The van der Waals surface area contributed by atoms with Crippen LogP contribution in [0.15, 0.2) is 12.7 Å². The lowest BCUT2D eigenvalue weighted by Gasteiger charge is -2.36. The van der Waals surface area contributed by atoms with E-state index in [0.717, 1.165) is 0 Å². The average Bonchev–Trinajstić information content (AvgIpc) is 2.86. The molecule has 0 fully saturated rings. The molecule has 4 atom stereocenters. The highest BCUT2D eigenvalue weighted by Gasteiger charge is 2.20. The van der Waals surface area contributed by atoms with Crippen LogP contribution in [0.1, 0.15) is 6.92 Å². The number of nitrogens with zero attached hydrogens (tertiary/aromatic N) is 4. The summed E-state index contributed by atoms with van der Waals surface area (Å²) < 4.78 is 37.1. The molecule has 2 aromatic rings. The minimum absolute atomic E-state index is 0.193. The lowest BCUT2D eigenvalue weighted by molar-refractivity contribution is -0.232. The Balaban J connectivity index is 1.96. The van der Waals surface area contributed by atoms with E-state index in [1.165, 1.54) is 12.7 Å². The zero-order chi connectivity index (χ0) is 20.5. The first-order valence-corrected chi connectivity index (χ1v) is 13.4. The number of phosphoric acid groups is 1. The number of nitrogens with two attached hydrogens (primary N) is 1. The smallest absolute Gasteiger partial charge is 0.275 e. The summed E-state index contributed by atoms with van der Waals surface area (Å²) in [7, 11) is -10.1. The highest BCUT2D eigenvalue weighted by atomic mass is 32.5. The van der Waals surface area contributed by atoms with Crippen molar-refractivity contribution in [1.29, 1.82) is 0 Å². The number of hydrogen-bond donors (Lipinski definition) is 1. The molecule has 0 amide bonds. The first-order valence-electron chi connectivity index (χ1n) is 7.13. The van der Waals surface area contributed by atoms with E-state index in [2.05, 4.69) is 35.4 Å². The molecule has 0 saturated carbocycles. The standard InChI is InChI=1S/C10H18N5O8P3S/c1-7(3-15-5-14-8-9(11)12-4-13-10(8)15)21-6-25(18,27)23-26(19,20)22-24(2,16)17/h4-5,7H,3,6H2,1-2H3,(H,16,17)(H,18,27)(H,19,20)(H2,11,12,13)/p-3/t7-,25?/m1/s1. The molecule has 0 aromatic carbocycles. The van der Waals surface area contributed by atoms with Gasteiger partial charge in [0.2, 0.25) is 0 Å². The number of aromatic nitrogens is 4. The van der Waals surface area contributed by atoms with E-state index in [1.807, 2.05) is 0 Å². The summed E-state index contributed by atoms with van der Waals surface area (Å²) in [4.78, 5) is 46.3. The molecule has 0 saturated heterocycles. The highest BCUT2D eigenvalue weighted by Crippen LogP contribution is 2.61. The fraction of sp³-hybridized carbons (Fsp3) is 0.500. The minimum Gasteiger partial charge on any atom is -0.799 e. The van der Waals surface area contributed by atoms with Crippen LogP contribution in [0.3, 0.4) is 0 Å². The third-order valence-electron chi connectivity index (χ3n) is 2.87. The Bertz CT molecular complexity index is 963. The lowest BCUT2D eigenvalue weighted by atomic mass is 10.4. The van der Waals surface area contributed by atoms with Crippen LogP contribution in [-0.2, 0) is 40.8 Å². The topological polar surface area (TPSA) is 201 Å². The number of hydrogen-bond acceptors (Lipinski definition) is 13. The van der Waals surface area contributed by atoms with Gasteiger partial charge in [0, 0.05) is 13.2 Å². The van der Waals surface area contributed by atoms with Gasteiger partial charge in [-0.1, -0.05) is 11.8 Å². The summed E-state index contributed by atoms with van der Waals surface area (Å²) in [5.74, 6) is 0.202. The number of rotatable bonds is 9. The van der Waals surface area contributed by atoms with Gasteiger partial charge in [-0.25, -0.2) is 15.0 Å². The zero-order valence-corrected chi connectivity index (χ0v) is 17.5. The van der Waals surface area contributed by atoms with Crippen LogP contribution in [0, 0.1) is 0 Å². The van der Waals surface area contributed by atoms with E-state index in [9.17, 15) is 23.8 Å². The summed E-state index contributed by atoms with van der Waals surface area (Å²) in [6.45, 7) is -1.97. The second-order valence-electron chi connectivity index (χ2n) is 5.43. The Kier molecular flexibility index (Phi) is 6.92. The summed E-state index contributed by atoms with van der Waals surface area (Å²) in [5, 5.41) is 0. The molecule has 152 valence electrons. The van der Waals surface area contributed by atoms with Crippen LogP contribution in [0.4, 0.5) is 5.82 Å². The van der Waals surface area contributed by atoms with Crippen LogP contribution < -0.4 is 20.4 Å². The lowest BCUT2D eigenvalue weighted by Crippen LogP contribution is -2.21. The van der Waals surface area contributed by atoms with Gasteiger partial charge in [-0.2, -0.15) is 0 Å². The number of anilines is 1. The van der Waals surface area contributed by atoms with E-state index in [4.69, 9.17) is 10.5 Å². The Morgan fingerprint density at radius 3 is 2.56 bits per heavy atom. The highest BCUT2D eigenvalue weighted by molar-refractivity contribution is 8.10. The maximum atomic E-state index is 12.0. The summed E-state index contributed by atoms with van der Waals surface area (Å²) in [6, 6.07) is 0. The van der Waals surface area contributed by atoms with Gasteiger partial charge in [-0.05, 0) is 6.92 Å². The molecule has 0 aliphatic carbocycles. The van der Waals surface area contributed by atoms with Gasteiger partial charge in [0.1, 0.15) is 19.4 Å². The van der Waals surface area contributed by atoms with Gasteiger partial charge in [0.25, 0.3) is 7.82 Å². The van der Waals surface area contributed by atoms with Crippen molar-refractivity contribution in [2.24, 2.45) is 0 Å². The van der Waals surface area contributed by atoms with Crippen LogP contribution in [0.2, 0.25) is 0 Å². The van der Waals surface area contributed by atoms with Crippen LogP contribution in [0.5, 0.6) is 0 Å². The molecule has 13 nitrogen and oxygen atoms in total. The second-order valence-corrected chi connectivity index (χ2v) is 12.3. The zero-order valence-electron chi connectivity index (χ0n) is 14.0. The normalized spacial score (nSPS) is 19.9. The minimum atomic E-state index is -5.41. The molecule has 2 rings (SSSR count). The predicted octanol–water partition coefficient (Wildman–Crippen LogP) is -0.874. The van der Waals surface area contributed by atoms with Gasteiger partial charge in [0.15, 0.2) is 11.5 Å². The third-order valence-corrected chi connectivity index (χ3v) is 8.04. The van der Waals surface area contributed by atoms with Crippen molar-refractivity contribution < 1.29 is 37.2 Å². The van der Waals surface area contributed by atoms with Crippen LogP contribution in [-0.4, -0.2) is 38.6 Å². The largest absolute Gasteiger partial charge is 0.799 e. The van der Waals surface area contributed by atoms with E-state index in [0.29, 0.717) is 17.8 Å². The van der Waals surface area contributed by atoms with Gasteiger partial charge in [-0.3, -0.25) is 13.2 Å². The monoisotopic (exact) mass is 458 g/mol. The Hall–Kier alpha value is -0.780. The molecular weight excluding hydrogens is 443 g/mol. The average molecular weight is 458 g/mol. The molecule has 2 aromatic heterocycles. The Labute approximate surface area is 158 Å². The predicted molar refractivity (Wildman–Crippen MR) is 92.7 cm³/mol. The van der Waals surface area contributed by atoms with Crippen molar-refractivity contribution >= 4 is 50.7 Å². The molecule has 3 unspecified atom stereocenters. The molecular formula is C10H15N5O8P3S-3. The molecule has 0 aliphatic rings. The number of fused-ring (bicyclic) bond motifs is 1. The molecule has 27 heavy (non-hydrogen) atoms. The number of imidazole rings is 1. The van der Waals surface area contributed by atoms with Crippen molar-refractivity contribution in [2.45, 2.75) is 19.6 Å². The fourth-order valence-electron chi connectivity index (χ4n) is 1.95. The number of nitrogen functional groups attached to an aromatic ring is 1. The Morgan fingerprint density at radius 2 is 1.93 bits per heavy atom. The van der Waals surface area contributed by atoms with E-state index in [-0.39, 0.29) is 12.4 Å². The molecule has 2 N–H and O–H groups in total. The molecule has 17 heteroatoms. The van der Waals surface area contributed by atoms with E-state index >= 15 is 0 Å². The first kappa shape index (κ1) is 22.5. The third kappa shape index (κ3) is 6.95. The van der Waals surface area contributed by atoms with Gasteiger partial charge in [0.05, 0.1) is 25.3 Å². The van der Waals surface area contributed by atoms with Gasteiger partial charge >= 0.3 is 0 Å². The van der Waals surface area contributed by atoms with E-state index in [1.54, 1.807) is 11.5 Å². The van der Waals surface area contributed by atoms with Crippen molar-refractivity contribution in [3.63, 3.8) is 0 Å². The molecule has 0 spiro atoms. The van der Waals surface area contributed by atoms with Crippen molar-refractivity contribution in [2.75, 3.05) is 18.7 Å². The molecule has 0 radical (unpaired) electrons. The quantitative estimate of drug-likeness (QED) is 0.455. The van der Waals surface area contributed by atoms with E-state index < -0.39 is 34.4 Å². The van der Waals surface area contributed by atoms with Crippen molar-refractivity contribution in [1.82, 2.24) is 19.5 Å². The van der Waals surface area contributed by atoms with Crippen molar-refractivity contribution in [3.05, 3.63) is 12.7 Å².